The van der Waals surface area contributed by atoms with Gasteiger partial charge < -0.3 is 19.3 Å². The number of aromatic nitrogens is 6. The number of H-pyrrole nitrogens is 2. The first kappa shape index (κ1) is 87.6. The molecule has 0 amide bonds. The summed E-state index contributed by atoms with van der Waals surface area (Å²) in [5.74, 6) is 0. The SMILES string of the molecule is CC1(C)OB(c2ccc3nc[nH]c3c2)OC1(C)C.Clc1ncccc1-c1ccc2nc[nH]c2c1.[B]c1cccnc1Cl.[Pd].c1ccc(P(c2ccccc2)c2ccccc2)cc1.c1ccc(P(c2ccccc2)c2ccccc2)cc1.c1ccc(P(c2ccccc2)c2ccccc2)cc1.c1ccc(P(c2ccccc2)c2ccccc2)cc1. The molecular formula is C102H88B2Cl2N6O2P4Pd. The summed E-state index contributed by atoms with van der Waals surface area (Å²) in [6, 6.07) is 149. The van der Waals surface area contributed by atoms with Crippen molar-refractivity contribution in [2.24, 2.45) is 0 Å². The predicted molar refractivity (Wildman–Crippen MR) is 511 cm³/mol. The van der Waals surface area contributed by atoms with E-state index < -0.39 is 31.7 Å². The van der Waals surface area contributed by atoms with E-state index in [4.69, 9.17) is 40.4 Å². The number of hydrogen-bond acceptors (Lipinski definition) is 6. The van der Waals surface area contributed by atoms with Crippen molar-refractivity contribution in [3.63, 3.8) is 0 Å². The average Bonchev–Trinajstić information content (AvgIpc) is 1.62. The first-order chi connectivity index (χ1) is 57.8. The summed E-state index contributed by atoms with van der Waals surface area (Å²) in [6.45, 7) is 8.23. The van der Waals surface area contributed by atoms with E-state index in [2.05, 4.69) is 422 Å². The molecule has 1 fully saturated rings. The summed E-state index contributed by atoms with van der Waals surface area (Å²) in [7, 11) is 3.22. The Morgan fingerprint density at radius 3 is 0.773 bits per heavy atom. The molecule has 8 nitrogen and oxygen atoms in total. The molecule has 0 aliphatic carbocycles. The molecule has 2 radical (unpaired) electrons. The normalized spacial score (nSPS) is 12.1. The van der Waals surface area contributed by atoms with Gasteiger partial charge in [0.25, 0.3) is 0 Å². The molecule has 14 aromatic carbocycles. The third-order valence-corrected chi connectivity index (χ3v) is 29.8. The Bertz CT molecular complexity index is 5080. The molecule has 2 N–H and O–H groups in total. The van der Waals surface area contributed by atoms with E-state index in [0.717, 1.165) is 38.7 Å². The van der Waals surface area contributed by atoms with E-state index >= 15 is 0 Å². The maximum Gasteiger partial charge on any atom is 0.494 e. The number of benzene rings is 14. The predicted octanol–water partition coefficient (Wildman–Crippen LogP) is 19.4. The summed E-state index contributed by atoms with van der Waals surface area (Å²) >= 11 is 11.5. The standard InChI is InChI=1S/4C18H15P.C13H17BN2O2.C12H8ClN3.C5H3BClN.Pd/c4*1-4-10-16(11-5-1)19(17-12-6-2-7-13-17)18-14-8-3-9-15-18;1-12(2)13(3,4)18-14(17-12)9-5-6-10-11(7-9)16-8-15-10;13-12-9(2-1-5-14-12)8-3-4-10-11(6-8)16-7-15-10;6-4-2-1-3-8-5(4)7;/h4*1-15H;5-8H,1-4H3,(H,15,16);1-7H,(H,15,16);1-3H;. The Hall–Kier alpha value is -10.7. The number of halogens is 2. The molecule has 0 spiro atoms. The number of nitrogens with zero attached hydrogens (tertiary/aromatic N) is 4. The fraction of sp³-hybridized carbons (Fsp3) is 0.0588. The third kappa shape index (κ3) is 24.5. The Balaban J connectivity index is 0.000000128. The Kier molecular flexibility index (Phi) is 33.1. The summed E-state index contributed by atoms with van der Waals surface area (Å²) < 4.78 is 12.0. The van der Waals surface area contributed by atoms with Crippen molar-refractivity contribution in [1.29, 1.82) is 0 Å². The summed E-state index contributed by atoms with van der Waals surface area (Å²) in [4.78, 5) is 22.3. The van der Waals surface area contributed by atoms with Crippen LogP contribution in [-0.4, -0.2) is 56.1 Å². The van der Waals surface area contributed by atoms with Crippen LogP contribution in [0.15, 0.2) is 450 Å². The van der Waals surface area contributed by atoms with Crippen molar-refractivity contribution in [3.05, 3.63) is 460 Å². The summed E-state index contributed by atoms with van der Waals surface area (Å²) in [5, 5.41) is 17.7. The first-order valence-corrected chi connectivity index (χ1v) is 45.0. The fourth-order valence-electron chi connectivity index (χ4n) is 12.9. The maximum atomic E-state index is 6.05. The van der Waals surface area contributed by atoms with Gasteiger partial charge in [-0.15, -0.1) is 0 Å². The van der Waals surface area contributed by atoms with E-state index in [9.17, 15) is 0 Å². The second-order valence-electron chi connectivity index (χ2n) is 28.0. The molecule has 0 atom stereocenters. The Labute approximate surface area is 730 Å². The van der Waals surface area contributed by atoms with Crippen LogP contribution in [0.4, 0.5) is 0 Å². The van der Waals surface area contributed by atoms with Gasteiger partial charge in [0.05, 0.1) is 45.9 Å². The molecule has 18 aromatic rings. The molecule has 1 saturated heterocycles. The van der Waals surface area contributed by atoms with E-state index in [0.29, 0.717) is 15.8 Å². The van der Waals surface area contributed by atoms with E-state index in [1.54, 1.807) is 37.2 Å². The first-order valence-electron chi connectivity index (χ1n) is 38.8. The molecular weight excluding hydrogens is 1660 g/mol. The molecule has 19 rings (SSSR count). The zero-order valence-electron chi connectivity index (χ0n) is 66.3. The van der Waals surface area contributed by atoms with Crippen LogP contribution >= 0.6 is 54.9 Å². The monoisotopic (exact) mass is 1750 g/mol. The van der Waals surface area contributed by atoms with Crippen LogP contribution in [0.2, 0.25) is 10.3 Å². The molecule has 17 heteroatoms. The van der Waals surface area contributed by atoms with Gasteiger partial charge in [-0.25, -0.2) is 19.9 Å². The van der Waals surface area contributed by atoms with E-state index in [1.165, 1.54) is 63.7 Å². The second kappa shape index (κ2) is 44.9. The minimum absolute atomic E-state index is 0. The van der Waals surface area contributed by atoms with Crippen molar-refractivity contribution < 1.29 is 29.7 Å². The molecule has 4 aromatic heterocycles. The Morgan fingerprint density at radius 2 is 0.529 bits per heavy atom. The molecule has 1 aliphatic rings. The van der Waals surface area contributed by atoms with E-state index in [-0.39, 0.29) is 38.7 Å². The molecule has 119 heavy (non-hydrogen) atoms. The van der Waals surface area contributed by atoms with Gasteiger partial charge in [-0.3, -0.25) is 0 Å². The topological polar surface area (TPSA) is 102 Å². The van der Waals surface area contributed by atoms with Crippen LogP contribution < -0.4 is 74.6 Å². The largest absolute Gasteiger partial charge is 0.494 e. The van der Waals surface area contributed by atoms with Gasteiger partial charge in [-0.2, -0.15) is 0 Å². The molecule has 0 bridgehead atoms. The number of imidazole rings is 2. The zero-order chi connectivity index (χ0) is 81.6. The molecule has 0 saturated carbocycles. The second-order valence-corrected chi connectivity index (χ2v) is 37.6. The number of rotatable bonds is 14. The van der Waals surface area contributed by atoms with Crippen molar-refractivity contribution in [1.82, 2.24) is 29.9 Å². The van der Waals surface area contributed by atoms with Gasteiger partial charge in [0, 0.05) is 38.4 Å². The van der Waals surface area contributed by atoms with Gasteiger partial charge in [0.1, 0.15) is 18.2 Å². The summed E-state index contributed by atoms with van der Waals surface area (Å²) in [6.07, 6.45) is 6.65. The third-order valence-electron chi connectivity index (χ3n) is 19.4. The van der Waals surface area contributed by atoms with Crippen molar-refractivity contribution in [3.8, 4) is 11.1 Å². The van der Waals surface area contributed by atoms with E-state index in [1.807, 2.05) is 48.5 Å². The van der Waals surface area contributed by atoms with Gasteiger partial charge >= 0.3 is 7.12 Å². The molecule has 5 heterocycles. The average molecular weight is 1750 g/mol. The Morgan fingerprint density at radius 1 is 0.286 bits per heavy atom. The van der Waals surface area contributed by atoms with Gasteiger partial charge in [-0.1, -0.05) is 411 Å². The minimum atomic E-state index is -0.446. The number of hydrogen-bond donors (Lipinski definition) is 2. The fourth-order valence-corrected chi connectivity index (χ4v) is 22.5. The van der Waals surface area contributed by atoms with Crippen molar-refractivity contribution in [2.75, 3.05) is 0 Å². The van der Waals surface area contributed by atoms with Crippen LogP contribution in [0.1, 0.15) is 27.7 Å². The molecule has 1 aliphatic heterocycles. The number of nitrogens with one attached hydrogen (secondary N) is 2. The van der Waals surface area contributed by atoms with Gasteiger partial charge in [-0.05, 0) is 177 Å². The molecule has 0 unspecified atom stereocenters. The summed E-state index contributed by atoms with van der Waals surface area (Å²) in [5.41, 5.74) is 6.80. The number of aromatic amines is 2. The van der Waals surface area contributed by atoms with Crippen molar-refractivity contribution in [2.45, 2.75) is 38.9 Å². The van der Waals surface area contributed by atoms with Gasteiger partial charge in [0.2, 0.25) is 0 Å². The van der Waals surface area contributed by atoms with Crippen molar-refractivity contribution >= 4 is 166 Å². The van der Waals surface area contributed by atoms with Crippen LogP contribution in [0, 0.1) is 0 Å². The quantitative estimate of drug-likeness (QED) is 0.0639. The minimum Gasteiger partial charge on any atom is -0.399 e. The van der Waals surface area contributed by atoms with Crippen LogP contribution in [0.25, 0.3) is 33.2 Å². The van der Waals surface area contributed by atoms with Crippen LogP contribution in [0.3, 0.4) is 0 Å². The smallest absolute Gasteiger partial charge is 0.399 e. The van der Waals surface area contributed by atoms with Gasteiger partial charge in [0.15, 0.2) is 0 Å². The van der Waals surface area contributed by atoms with Crippen LogP contribution in [0.5, 0.6) is 0 Å². The zero-order valence-corrected chi connectivity index (χ0v) is 73.0. The number of pyridine rings is 2. The number of fused-ring (bicyclic) bond motifs is 2. The van der Waals surface area contributed by atoms with Crippen LogP contribution in [-0.2, 0) is 29.7 Å². The molecule has 588 valence electrons. The maximum absolute atomic E-state index is 6.05.